The predicted octanol–water partition coefficient (Wildman–Crippen LogP) is 3.45. The van der Waals surface area contributed by atoms with Gasteiger partial charge in [0.15, 0.2) is 0 Å². The fraction of sp³-hybridized carbons (Fsp3) is 0.222. The zero-order valence-corrected chi connectivity index (χ0v) is 9.52. The van der Waals surface area contributed by atoms with Gasteiger partial charge < -0.3 is 0 Å². The highest BCUT2D eigenvalue weighted by Crippen LogP contribution is 2.22. The van der Waals surface area contributed by atoms with Crippen molar-refractivity contribution in [3.8, 4) is 0 Å². The molecule has 0 saturated carbocycles. The molecule has 1 heterocycles. The van der Waals surface area contributed by atoms with Crippen LogP contribution in [0.25, 0.3) is 11.0 Å². The predicted molar refractivity (Wildman–Crippen MR) is 63.4 cm³/mol. The lowest BCUT2D eigenvalue weighted by molar-refractivity contribution is 1.50. The smallest absolute Gasteiger partial charge is 0.131 e. The molecule has 0 aliphatic rings. The van der Waals surface area contributed by atoms with Gasteiger partial charge in [0.2, 0.25) is 0 Å². The van der Waals surface area contributed by atoms with Crippen molar-refractivity contribution >= 4 is 45.8 Å². The summed E-state index contributed by atoms with van der Waals surface area (Å²) in [4.78, 5) is 3.88. The van der Waals surface area contributed by atoms with Crippen LogP contribution in [0.2, 0.25) is 0 Å². The molecule has 0 amide bonds. The van der Waals surface area contributed by atoms with Gasteiger partial charge in [-0.1, -0.05) is 19.9 Å². The summed E-state index contributed by atoms with van der Waals surface area (Å²) in [5.74, 6) is 0. The van der Waals surface area contributed by atoms with E-state index in [1.54, 1.807) is 0 Å². The highest BCUT2D eigenvalue weighted by molar-refractivity contribution is 7.78. The highest BCUT2D eigenvalue weighted by atomic mass is 32.1. The standard InChI is InChI=1S/C7H3N3S2.C2H6/c11-4-8-5-2-1-3-6-7(5)10-12-9-6;1-2/h1-3H;1-2H3. The lowest BCUT2D eigenvalue weighted by Gasteiger charge is -1.89. The largest absolute Gasteiger partial charge is 0.192 e. The van der Waals surface area contributed by atoms with Gasteiger partial charge in [-0.3, -0.25) is 0 Å². The van der Waals surface area contributed by atoms with Crippen LogP contribution in [0, 0.1) is 0 Å². The monoisotopic (exact) mass is 223 g/mol. The number of aliphatic imine (C=N–C) groups is 1. The first-order valence-electron chi connectivity index (χ1n) is 4.21. The maximum Gasteiger partial charge on any atom is 0.131 e. The van der Waals surface area contributed by atoms with Crippen molar-refractivity contribution in [1.82, 2.24) is 8.75 Å². The SMILES string of the molecule is CC.S=C=Nc1cccc2nsnc12. The molecule has 0 unspecified atom stereocenters. The van der Waals surface area contributed by atoms with Gasteiger partial charge in [0, 0.05) is 0 Å². The van der Waals surface area contributed by atoms with Crippen molar-refractivity contribution in [2.45, 2.75) is 13.8 Å². The average molecular weight is 223 g/mol. The van der Waals surface area contributed by atoms with E-state index in [1.165, 1.54) is 11.7 Å². The topological polar surface area (TPSA) is 38.1 Å². The molecular formula is C9H9N3S2. The van der Waals surface area contributed by atoms with Crippen LogP contribution in [-0.2, 0) is 0 Å². The second-order valence-electron chi connectivity index (χ2n) is 2.11. The zero-order chi connectivity index (χ0) is 10.4. The summed E-state index contributed by atoms with van der Waals surface area (Å²) in [6.07, 6.45) is 0. The number of nitrogens with zero attached hydrogens (tertiary/aromatic N) is 3. The van der Waals surface area contributed by atoms with Gasteiger partial charge in [-0.2, -0.15) is 13.7 Å². The first kappa shape index (κ1) is 10.9. The maximum atomic E-state index is 4.51. The summed E-state index contributed by atoms with van der Waals surface area (Å²) in [5.41, 5.74) is 2.38. The maximum absolute atomic E-state index is 4.51. The van der Waals surface area contributed by atoms with Crippen molar-refractivity contribution in [2.24, 2.45) is 4.99 Å². The minimum atomic E-state index is 0.733. The molecule has 0 saturated heterocycles. The second-order valence-corrected chi connectivity index (χ2v) is 2.82. The average Bonchev–Trinajstić information content (AvgIpc) is 2.70. The number of hydrogen-bond donors (Lipinski definition) is 0. The third-order valence-corrected chi connectivity index (χ3v) is 2.06. The fourth-order valence-electron chi connectivity index (χ4n) is 0.931. The molecule has 0 fully saturated rings. The van der Waals surface area contributed by atoms with E-state index < -0.39 is 0 Å². The number of thiocarbonyl (C=S) groups is 1. The minimum absolute atomic E-state index is 0.733. The lowest BCUT2D eigenvalue weighted by atomic mass is 10.3. The molecule has 0 N–H and O–H groups in total. The molecule has 5 heteroatoms. The van der Waals surface area contributed by atoms with Crippen molar-refractivity contribution < 1.29 is 0 Å². The van der Waals surface area contributed by atoms with Crippen molar-refractivity contribution in [2.75, 3.05) is 0 Å². The molecule has 3 nitrogen and oxygen atoms in total. The molecule has 0 aliphatic carbocycles. The Balaban J connectivity index is 0.000000461. The fourth-order valence-corrected chi connectivity index (χ4v) is 1.57. The molecular weight excluding hydrogens is 214 g/mol. The van der Waals surface area contributed by atoms with Gasteiger partial charge in [-0.25, -0.2) is 0 Å². The van der Waals surface area contributed by atoms with E-state index in [0.717, 1.165) is 16.7 Å². The van der Waals surface area contributed by atoms with E-state index in [0.29, 0.717) is 0 Å². The summed E-state index contributed by atoms with van der Waals surface area (Å²) in [6, 6.07) is 5.60. The third-order valence-electron chi connectivity index (χ3n) is 1.43. The molecule has 0 spiro atoms. The van der Waals surface area contributed by atoms with Crippen LogP contribution >= 0.6 is 23.9 Å². The van der Waals surface area contributed by atoms with Crippen LogP contribution in [0.5, 0.6) is 0 Å². The van der Waals surface area contributed by atoms with Gasteiger partial charge in [-0.05, 0) is 24.4 Å². The van der Waals surface area contributed by atoms with Crippen LogP contribution in [0.15, 0.2) is 23.2 Å². The summed E-state index contributed by atoms with van der Waals surface area (Å²) in [7, 11) is 0. The first-order valence-corrected chi connectivity index (χ1v) is 5.35. The molecule has 14 heavy (non-hydrogen) atoms. The van der Waals surface area contributed by atoms with Gasteiger partial charge in [0.25, 0.3) is 0 Å². The summed E-state index contributed by atoms with van der Waals surface area (Å²) in [6.45, 7) is 4.00. The van der Waals surface area contributed by atoms with Gasteiger partial charge in [0.05, 0.1) is 16.9 Å². The molecule has 0 bridgehead atoms. The molecule has 72 valence electrons. The Labute approximate surface area is 91.8 Å². The summed E-state index contributed by atoms with van der Waals surface area (Å²) in [5, 5.41) is 2.31. The quantitative estimate of drug-likeness (QED) is 0.549. The van der Waals surface area contributed by atoms with E-state index >= 15 is 0 Å². The Morgan fingerprint density at radius 1 is 1.36 bits per heavy atom. The van der Waals surface area contributed by atoms with Crippen LogP contribution in [-0.4, -0.2) is 13.9 Å². The van der Waals surface area contributed by atoms with E-state index in [-0.39, 0.29) is 0 Å². The molecule has 0 aliphatic heterocycles. The number of aromatic nitrogens is 2. The molecule has 1 aromatic carbocycles. The molecule has 0 atom stereocenters. The Hall–Kier alpha value is -1.16. The van der Waals surface area contributed by atoms with Crippen LogP contribution in [0.4, 0.5) is 5.69 Å². The number of benzene rings is 1. The van der Waals surface area contributed by atoms with E-state index in [1.807, 2.05) is 32.0 Å². The van der Waals surface area contributed by atoms with Gasteiger partial charge in [0.1, 0.15) is 16.7 Å². The number of hydrogen-bond acceptors (Lipinski definition) is 5. The number of fused-ring (bicyclic) bond motifs is 1. The Bertz CT molecular complexity index is 458. The second kappa shape index (κ2) is 5.54. The van der Waals surface area contributed by atoms with Gasteiger partial charge >= 0.3 is 0 Å². The lowest BCUT2D eigenvalue weighted by Crippen LogP contribution is -1.69. The first-order chi connectivity index (χ1) is 6.92. The summed E-state index contributed by atoms with van der Waals surface area (Å²) < 4.78 is 8.16. The Morgan fingerprint density at radius 2 is 2.14 bits per heavy atom. The van der Waals surface area contributed by atoms with E-state index in [4.69, 9.17) is 0 Å². The van der Waals surface area contributed by atoms with Crippen molar-refractivity contribution in [1.29, 1.82) is 0 Å². The van der Waals surface area contributed by atoms with Gasteiger partial charge in [-0.15, -0.1) is 0 Å². The summed E-state index contributed by atoms with van der Waals surface area (Å²) >= 11 is 5.68. The molecule has 0 radical (unpaired) electrons. The van der Waals surface area contributed by atoms with E-state index in [2.05, 4.69) is 31.1 Å². The Morgan fingerprint density at radius 3 is 2.86 bits per heavy atom. The third kappa shape index (κ3) is 2.20. The number of rotatable bonds is 1. The normalized spacial score (nSPS) is 8.71. The minimum Gasteiger partial charge on any atom is -0.192 e. The molecule has 2 rings (SSSR count). The van der Waals surface area contributed by atoms with Crippen molar-refractivity contribution in [3.63, 3.8) is 0 Å². The molecule has 1 aromatic heterocycles. The van der Waals surface area contributed by atoms with Crippen LogP contribution in [0.3, 0.4) is 0 Å². The zero-order valence-electron chi connectivity index (χ0n) is 7.89. The van der Waals surface area contributed by atoms with Crippen molar-refractivity contribution in [3.05, 3.63) is 18.2 Å². The number of isothiocyanates is 1. The Kier molecular flexibility index (Phi) is 4.32. The highest BCUT2D eigenvalue weighted by Gasteiger charge is 2.01. The molecule has 2 aromatic rings. The van der Waals surface area contributed by atoms with Crippen LogP contribution < -0.4 is 0 Å². The van der Waals surface area contributed by atoms with Crippen LogP contribution in [0.1, 0.15) is 13.8 Å². The van der Waals surface area contributed by atoms with E-state index in [9.17, 15) is 0 Å².